The molecule has 0 saturated heterocycles. The molecule has 0 aliphatic heterocycles. The van der Waals surface area contributed by atoms with Crippen LogP contribution in [0.3, 0.4) is 0 Å². The lowest BCUT2D eigenvalue weighted by molar-refractivity contribution is 1.15. The van der Waals surface area contributed by atoms with Gasteiger partial charge < -0.3 is 27.4 Å². The highest BCUT2D eigenvalue weighted by atomic mass is 15.0. The van der Waals surface area contributed by atoms with Crippen LogP contribution in [-0.4, -0.2) is 37.4 Å². The van der Waals surface area contributed by atoms with Crippen LogP contribution in [0.4, 0.5) is 0 Å². The number of fused-ring (bicyclic) bond motifs is 18. The Hall–Kier alpha value is -19.3. The van der Waals surface area contributed by atoms with Crippen LogP contribution in [0.1, 0.15) is 0 Å². The quantitative estimate of drug-likeness (QED) is 0.0968. The molecule has 22 aromatic carbocycles. The molecular formula is C136H86N8. The fraction of sp³-hybridized carbons (Fsp3) is 0. The van der Waals surface area contributed by atoms with Crippen molar-refractivity contribution < 1.29 is 0 Å². The van der Waals surface area contributed by atoms with E-state index < -0.39 is 0 Å². The summed E-state index contributed by atoms with van der Waals surface area (Å²) in [6, 6.07) is 192. The summed E-state index contributed by atoms with van der Waals surface area (Å²) in [7, 11) is 0. The fourth-order valence-electron chi connectivity index (χ4n) is 23.1. The maximum Gasteiger partial charge on any atom is 0.160 e. The van der Waals surface area contributed by atoms with Crippen molar-refractivity contribution in [1.82, 2.24) is 37.4 Å². The summed E-state index contributed by atoms with van der Waals surface area (Å²) in [4.78, 5) is 11.6. The molecule has 29 rings (SSSR count). The molecule has 29 aromatic rings. The first kappa shape index (κ1) is 81.9. The topological polar surface area (TPSA) is 55.4 Å². The van der Waals surface area contributed by atoms with Gasteiger partial charge in [0, 0.05) is 115 Å². The minimum absolute atomic E-state index is 0.596. The Labute approximate surface area is 829 Å². The summed E-state index contributed by atoms with van der Waals surface area (Å²) in [5.74, 6) is 0.596. The summed E-state index contributed by atoms with van der Waals surface area (Å²) in [6.07, 6.45) is 0. The molecule has 8 heteroatoms. The van der Waals surface area contributed by atoms with E-state index in [0.29, 0.717) is 5.82 Å². The second kappa shape index (κ2) is 33.3. The van der Waals surface area contributed by atoms with Crippen molar-refractivity contribution in [1.29, 1.82) is 0 Å². The third-order valence-electron chi connectivity index (χ3n) is 29.7. The lowest BCUT2D eigenvalue weighted by Gasteiger charge is -2.15. The molecule has 0 atom stereocenters. The van der Waals surface area contributed by atoms with E-state index in [-0.39, 0.29) is 0 Å². The molecule has 7 heterocycles. The minimum atomic E-state index is 0.596. The molecule has 0 radical (unpaired) electrons. The van der Waals surface area contributed by atoms with Crippen LogP contribution in [-0.2, 0) is 0 Å². The van der Waals surface area contributed by atoms with Crippen LogP contribution >= 0.6 is 0 Å². The average molecular weight is 1830 g/mol. The Morgan fingerprint density at radius 1 is 0.104 bits per heavy atom. The predicted molar refractivity (Wildman–Crippen MR) is 602 cm³/mol. The SMILES string of the molecule is c1ccc(-c2cc(-c3ccccc3)cc(-c3cccc(-c4cc(-c5cccc(-n6c7ccc(-c8ccc9c(c8)c8ccccc8n9-c8ccccc8)cc7c7cc(-c8ccc9c(c8)c8ccccc8n9-c8ccccc8)ccc76)c5)nc(-c5cccc(-n6c7ccc(-c8ccc9c(c8)c8ccccc8n9-c8ccccc8)cc7c7cc(-c8ccc9c(c8)c8ccccc8n9-c8ccccc8)ccc76)c5)n4)c3)c2)cc1. The number of rotatable bonds is 16. The zero-order valence-corrected chi connectivity index (χ0v) is 78.2. The lowest BCUT2D eigenvalue weighted by atomic mass is 9.92. The number of hydrogen-bond donors (Lipinski definition) is 0. The van der Waals surface area contributed by atoms with Gasteiger partial charge in [-0.15, -0.1) is 0 Å². The van der Waals surface area contributed by atoms with E-state index in [1.807, 2.05) is 0 Å². The second-order valence-electron chi connectivity index (χ2n) is 38.0. The Bertz CT molecular complexity index is 9280. The summed E-state index contributed by atoms with van der Waals surface area (Å²) < 4.78 is 14.5. The van der Waals surface area contributed by atoms with Crippen LogP contribution in [0.2, 0.25) is 0 Å². The Balaban J connectivity index is 0.608. The second-order valence-corrected chi connectivity index (χ2v) is 38.0. The van der Waals surface area contributed by atoms with Gasteiger partial charge in [-0.05, 0) is 302 Å². The number of hydrogen-bond acceptors (Lipinski definition) is 2. The van der Waals surface area contributed by atoms with Gasteiger partial charge >= 0.3 is 0 Å². The van der Waals surface area contributed by atoms with Gasteiger partial charge in [0.15, 0.2) is 5.82 Å². The van der Waals surface area contributed by atoms with Crippen molar-refractivity contribution in [2.75, 3.05) is 0 Å². The molecule has 670 valence electrons. The summed E-state index contributed by atoms with van der Waals surface area (Å²) in [5, 5.41) is 14.2. The van der Waals surface area contributed by atoms with E-state index in [1.165, 1.54) is 76.2 Å². The van der Waals surface area contributed by atoms with Gasteiger partial charge in [0.25, 0.3) is 0 Å². The Morgan fingerprint density at radius 3 is 0.590 bits per heavy atom. The Kier molecular flexibility index (Phi) is 18.9. The third kappa shape index (κ3) is 13.5. The minimum Gasteiger partial charge on any atom is -0.309 e. The zero-order valence-electron chi connectivity index (χ0n) is 78.2. The van der Waals surface area contributed by atoms with Crippen molar-refractivity contribution in [3.05, 3.63) is 522 Å². The molecule has 144 heavy (non-hydrogen) atoms. The van der Waals surface area contributed by atoms with Crippen LogP contribution in [0.25, 0.3) is 277 Å². The smallest absolute Gasteiger partial charge is 0.160 e. The molecule has 0 bridgehead atoms. The largest absolute Gasteiger partial charge is 0.309 e. The summed E-state index contributed by atoms with van der Waals surface area (Å²) in [5.41, 5.74) is 40.4. The maximum atomic E-state index is 5.85. The molecule has 0 fully saturated rings. The highest BCUT2D eigenvalue weighted by Crippen LogP contribution is 2.48. The van der Waals surface area contributed by atoms with Gasteiger partial charge in [0.05, 0.1) is 77.6 Å². The van der Waals surface area contributed by atoms with Crippen molar-refractivity contribution in [3.8, 4) is 146 Å². The highest BCUT2D eigenvalue weighted by molar-refractivity contribution is 6.18. The first-order chi connectivity index (χ1) is 71.4. The average Bonchev–Trinajstić information content (AvgIpc) is 1.58. The molecule has 0 N–H and O–H groups in total. The number of nitrogens with zero attached hydrogens (tertiary/aromatic N) is 8. The Morgan fingerprint density at radius 2 is 0.292 bits per heavy atom. The van der Waals surface area contributed by atoms with E-state index in [2.05, 4.69) is 549 Å². The molecule has 0 saturated carbocycles. The number of para-hydroxylation sites is 8. The molecule has 0 amide bonds. The van der Waals surface area contributed by atoms with Crippen molar-refractivity contribution >= 4 is 131 Å². The normalized spacial score (nSPS) is 11.9. The van der Waals surface area contributed by atoms with Crippen molar-refractivity contribution in [2.24, 2.45) is 0 Å². The van der Waals surface area contributed by atoms with E-state index in [0.717, 1.165) is 195 Å². The van der Waals surface area contributed by atoms with Crippen LogP contribution in [0.5, 0.6) is 0 Å². The van der Waals surface area contributed by atoms with E-state index in [1.54, 1.807) is 0 Å². The third-order valence-corrected chi connectivity index (χ3v) is 29.7. The standard InChI is InChI=1S/C136H86N8/c1-7-30-87(31-8-1)101-73-102(88-32-9-2-10-33-88)75-103(74-101)89-34-27-35-98(72-89)122-86-123(99-36-28-46-108(76-99)143-132-68-60-94(90-56-64-128-114(78-90)110-48-19-23-52-124(110)139(128)104-38-11-3-12-39-104)82-118(132)119-83-95(61-69-133(119)143)91-57-65-129-115(79-91)111-49-20-24-53-125(111)140(129)105-40-13-4-14-41-105)138-136(137-122)100-37-29-47-109(77-100)144-134-70-62-96(92-58-66-130-116(80-92)112-50-21-25-54-126(112)141(130)106-42-15-5-16-43-106)84-120(134)121-85-97(63-71-135(121)144)93-59-67-131-117(81-93)113-51-22-26-55-127(113)142(131)107-44-17-6-18-45-107/h1-86H. The van der Waals surface area contributed by atoms with Gasteiger partial charge in [-0.1, -0.05) is 297 Å². The molecule has 0 spiro atoms. The number of benzene rings is 22. The molecular weight excluding hydrogens is 1750 g/mol. The van der Waals surface area contributed by atoms with E-state index in [4.69, 9.17) is 9.97 Å². The zero-order chi connectivity index (χ0) is 94.6. The van der Waals surface area contributed by atoms with Gasteiger partial charge in [-0.3, -0.25) is 0 Å². The van der Waals surface area contributed by atoms with Crippen LogP contribution in [0, 0.1) is 0 Å². The highest BCUT2D eigenvalue weighted by Gasteiger charge is 2.26. The lowest BCUT2D eigenvalue weighted by Crippen LogP contribution is -1.99. The van der Waals surface area contributed by atoms with E-state index >= 15 is 0 Å². The van der Waals surface area contributed by atoms with Gasteiger partial charge in [-0.2, -0.15) is 0 Å². The monoisotopic (exact) mass is 1830 g/mol. The molecule has 0 aliphatic rings. The van der Waals surface area contributed by atoms with E-state index in [9.17, 15) is 0 Å². The first-order valence-electron chi connectivity index (χ1n) is 49.4. The molecule has 8 nitrogen and oxygen atoms in total. The van der Waals surface area contributed by atoms with Crippen molar-refractivity contribution in [2.45, 2.75) is 0 Å². The molecule has 7 aromatic heterocycles. The summed E-state index contributed by atoms with van der Waals surface area (Å²) >= 11 is 0. The maximum absolute atomic E-state index is 5.85. The van der Waals surface area contributed by atoms with Crippen molar-refractivity contribution in [3.63, 3.8) is 0 Å². The number of aromatic nitrogens is 8. The summed E-state index contributed by atoms with van der Waals surface area (Å²) in [6.45, 7) is 0. The molecule has 0 unspecified atom stereocenters. The van der Waals surface area contributed by atoms with Crippen LogP contribution < -0.4 is 0 Å². The molecule has 0 aliphatic carbocycles. The van der Waals surface area contributed by atoms with Gasteiger partial charge in [0.2, 0.25) is 0 Å². The fourth-order valence-corrected chi connectivity index (χ4v) is 23.1. The predicted octanol–water partition coefficient (Wildman–Crippen LogP) is 35.7. The van der Waals surface area contributed by atoms with Crippen LogP contribution in [0.15, 0.2) is 522 Å². The van der Waals surface area contributed by atoms with Gasteiger partial charge in [-0.25, -0.2) is 9.97 Å². The van der Waals surface area contributed by atoms with Gasteiger partial charge in [0.1, 0.15) is 0 Å². The first-order valence-corrected chi connectivity index (χ1v) is 49.4.